The first-order chi connectivity index (χ1) is 8.65. The predicted octanol–water partition coefficient (Wildman–Crippen LogP) is 2.69. The van der Waals surface area contributed by atoms with E-state index in [9.17, 15) is 9.90 Å². The number of carbonyl (C=O) groups excluding carboxylic acids is 1. The molecule has 0 spiro atoms. The summed E-state index contributed by atoms with van der Waals surface area (Å²) >= 11 is 5.75. The Balaban J connectivity index is 2.14. The molecular weight excluding hydrogens is 250 g/mol. The number of aromatic hydroxyl groups is 1. The third-order valence-corrected chi connectivity index (χ3v) is 2.59. The number of ketones is 1. The zero-order valence-corrected chi connectivity index (χ0v) is 10.2. The molecule has 0 radical (unpaired) electrons. The number of nitrogens with zero attached hydrogens (tertiary/aromatic N) is 1. The molecule has 1 heterocycles. The summed E-state index contributed by atoms with van der Waals surface area (Å²) in [7, 11) is 0. The molecule has 0 bridgehead atoms. The Morgan fingerprint density at radius 1 is 1.22 bits per heavy atom. The Morgan fingerprint density at radius 3 is 2.61 bits per heavy atom. The van der Waals surface area contributed by atoms with Crippen molar-refractivity contribution >= 4 is 23.6 Å². The standard InChI is InChI=1S/C14H10ClNO2/c15-12-5-3-11(4-6-12)14(18)7-9-16-8-1-2-13(17)10-16/h1-10H/p+1. The molecule has 4 heteroatoms. The molecule has 0 aliphatic rings. The summed E-state index contributed by atoms with van der Waals surface area (Å²) in [6.45, 7) is 0. The zero-order valence-electron chi connectivity index (χ0n) is 9.45. The van der Waals surface area contributed by atoms with Crippen LogP contribution in [0.1, 0.15) is 10.4 Å². The van der Waals surface area contributed by atoms with E-state index in [0.29, 0.717) is 10.6 Å². The molecule has 0 aliphatic heterocycles. The van der Waals surface area contributed by atoms with Gasteiger partial charge in [0, 0.05) is 16.7 Å². The van der Waals surface area contributed by atoms with Gasteiger partial charge in [0.2, 0.25) is 6.20 Å². The van der Waals surface area contributed by atoms with E-state index in [-0.39, 0.29) is 11.5 Å². The van der Waals surface area contributed by atoms with E-state index in [2.05, 4.69) is 0 Å². The first-order valence-corrected chi connectivity index (χ1v) is 5.71. The maximum Gasteiger partial charge on any atom is 0.216 e. The van der Waals surface area contributed by atoms with Gasteiger partial charge in [0.05, 0.1) is 6.08 Å². The third kappa shape index (κ3) is 3.18. The Hall–Kier alpha value is -2.13. The van der Waals surface area contributed by atoms with Crippen LogP contribution in [0.25, 0.3) is 6.20 Å². The zero-order chi connectivity index (χ0) is 13.0. The molecule has 0 atom stereocenters. The predicted molar refractivity (Wildman–Crippen MR) is 69.4 cm³/mol. The highest BCUT2D eigenvalue weighted by Crippen LogP contribution is 2.10. The maximum atomic E-state index is 11.8. The van der Waals surface area contributed by atoms with Gasteiger partial charge in [0.15, 0.2) is 23.9 Å². The van der Waals surface area contributed by atoms with Gasteiger partial charge in [-0.2, -0.15) is 4.57 Å². The second-order valence-corrected chi connectivity index (χ2v) is 4.13. The fourth-order valence-electron chi connectivity index (χ4n) is 1.44. The minimum Gasteiger partial charge on any atom is -0.503 e. The first kappa shape index (κ1) is 12.3. The van der Waals surface area contributed by atoms with E-state index in [4.69, 9.17) is 11.6 Å². The highest BCUT2D eigenvalue weighted by Gasteiger charge is 2.03. The Bertz CT molecular complexity index is 591. The van der Waals surface area contributed by atoms with E-state index in [1.165, 1.54) is 12.3 Å². The van der Waals surface area contributed by atoms with Crippen LogP contribution >= 0.6 is 11.6 Å². The lowest BCUT2D eigenvalue weighted by atomic mass is 10.1. The van der Waals surface area contributed by atoms with Gasteiger partial charge < -0.3 is 5.11 Å². The summed E-state index contributed by atoms with van der Waals surface area (Å²) in [5.41, 5.74) is 0.566. The SMILES string of the molecule is O=C(C=C[n+]1cccc(O)c1)c1ccc(Cl)cc1. The van der Waals surface area contributed by atoms with Gasteiger partial charge in [-0.25, -0.2) is 0 Å². The lowest BCUT2D eigenvalue weighted by molar-refractivity contribution is -0.568. The summed E-state index contributed by atoms with van der Waals surface area (Å²) in [5, 5.41) is 9.87. The van der Waals surface area contributed by atoms with Crippen molar-refractivity contribution in [2.75, 3.05) is 0 Å². The number of allylic oxidation sites excluding steroid dienone is 1. The van der Waals surface area contributed by atoms with E-state index in [1.54, 1.807) is 53.4 Å². The molecule has 0 aliphatic carbocycles. The van der Waals surface area contributed by atoms with Crippen molar-refractivity contribution in [1.29, 1.82) is 0 Å². The van der Waals surface area contributed by atoms with Crippen LogP contribution in [0.15, 0.2) is 54.9 Å². The van der Waals surface area contributed by atoms with Crippen LogP contribution in [0.5, 0.6) is 5.75 Å². The molecule has 1 N–H and O–H groups in total. The fourth-order valence-corrected chi connectivity index (χ4v) is 1.56. The van der Waals surface area contributed by atoms with E-state index >= 15 is 0 Å². The van der Waals surface area contributed by atoms with Crippen molar-refractivity contribution in [1.82, 2.24) is 0 Å². The van der Waals surface area contributed by atoms with Crippen molar-refractivity contribution in [3.8, 4) is 5.75 Å². The van der Waals surface area contributed by atoms with E-state index < -0.39 is 0 Å². The van der Waals surface area contributed by atoms with Gasteiger partial charge in [-0.05, 0) is 30.3 Å². The van der Waals surface area contributed by atoms with Gasteiger partial charge in [0.1, 0.15) is 0 Å². The highest BCUT2D eigenvalue weighted by molar-refractivity contribution is 6.30. The monoisotopic (exact) mass is 260 g/mol. The molecule has 0 fully saturated rings. The second-order valence-electron chi connectivity index (χ2n) is 3.70. The van der Waals surface area contributed by atoms with Crippen LogP contribution in [0.4, 0.5) is 0 Å². The first-order valence-electron chi connectivity index (χ1n) is 5.33. The second kappa shape index (κ2) is 5.47. The van der Waals surface area contributed by atoms with E-state index in [1.807, 2.05) is 0 Å². The number of benzene rings is 1. The van der Waals surface area contributed by atoms with Crippen molar-refractivity contribution in [2.24, 2.45) is 0 Å². The minimum atomic E-state index is -0.123. The van der Waals surface area contributed by atoms with Crippen molar-refractivity contribution in [3.63, 3.8) is 0 Å². The van der Waals surface area contributed by atoms with Crippen LogP contribution in [-0.4, -0.2) is 10.9 Å². The largest absolute Gasteiger partial charge is 0.503 e. The van der Waals surface area contributed by atoms with Crippen LogP contribution in [0.2, 0.25) is 5.02 Å². The third-order valence-electron chi connectivity index (χ3n) is 2.33. The Kier molecular flexibility index (Phi) is 3.75. The summed E-state index contributed by atoms with van der Waals surface area (Å²) in [4.78, 5) is 11.8. The number of aromatic nitrogens is 1. The molecule has 0 saturated carbocycles. The molecule has 0 saturated heterocycles. The van der Waals surface area contributed by atoms with Gasteiger partial charge in [-0.15, -0.1) is 0 Å². The van der Waals surface area contributed by atoms with E-state index in [0.717, 1.165) is 0 Å². The number of hydrogen-bond acceptors (Lipinski definition) is 2. The van der Waals surface area contributed by atoms with Crippen LogP contribution in [0.3, 0.4) is 0 Å². The summed E-state index contributed by atoms with van der Waals surface area (Å²) < 4.78 is 1.60. The Labute approximate surface area is 110 Å². The minimum absolute atomic E-state index is 0.123. The molecule has 18 heavy (non-hydrogen) atoms. The van der Waals surface area contributed by atoms with Gasteiger partial charge >= 0.3 is 0 Å². The average molecular weight is 261 g/mol. The quantitative estimate of drug-likeness (QED) is 0.524. The van der Waals surface area contributed by atoms with Crippen molar-refractivity contribution in [2.45, 2.75) is 0 Å². The molecule has 90 valence electrons. The summed E-state index contributed by atoms with van der Waals surface area (Å²) in [5.74, 6) is 0.0172. The molecule has 0 unspecified atom stereocenters. The molecule has 2 aromatic rings. The highest BCUT2D eigenvalue weighted by atomic mass is 35.5. The number of pyridine rings is 1. The molecule has 0 amide bonds. The lowest BCUT2D eigenvalue weighted by Gasteiger charge is -1.94. The van der Waals surface area contributed by atoms with Crippen LogP contribution in [0, 0.1) is 0 Å². The molecule has 1 aromatic carbocycles. The smallest absolute Gasteiger partial charge is 0.216 e. The topological polar surface area (TPSA) is 41.2 Å². The van der Waals surface area contributed by atoms with Crippen LogP contribution < -0.4 is 4.57 Å². The molecule has 3 nitrogen and oxygen atoms in total. The number of halogens is 1. The number of rotatable bonds is 3. The van der Waals surface area contributed by atoms with Gasteiger partial charge in [-0.3, -0.25) is 4.79 Å². The molecule has 1 aromatic heterocycles. The maximum absolute atomic E-state index is 11.8. The number of hydrogen-bond donors (Lipinski definition) is 1. The summed E-state index contributed by atoms with van der Waals surface area (Å²) in [6.07, 6.45) is 6.25. The van der Waals surface area contributed by atoms with Crippen LogP contribution in [-0.2, 0) is 0 Å². The average Bonchev–Trinajstić information content (AvgIpc) is 2.37. The number of carbonyl (C=O) groups is 1. The normalized spacial score (nSPS) is 10.7. The summed E-state index contributed by atoms with van der Waals surface area (Å²) in [6, 6.07) is 9.93. The molecular formula is C14H11ClNO2+. The van der Waals surface area contributed by atoms with Crippen molar-refractivity contribution in [3.05, 3.63) is 65.5 Å². The Morgan fingerprint density at radius 2 is 1.94 bits per heavy atom. The van der Waals surface area contributed by atoms with Gasteiger partial charge in [0.25, 0.3) is 0 Å². The molecule has 2 rings (SSSR count). The van der Waals surface area contributed by atoms with Gasteiger partial charge in [-0.1, -0.05) is 11.6 Å². The lowest BCUT2D eigenvalue weighted by Crippen LogP contribution is -2.24. The van der Waals surface area contributed by atoms with Crippen molar-refractivity contribution < 1.29 is 14.5 Å². The fraction of sp³-hybridized carbons (Fsp3) is 0.